The molecule has 0 spiro atoms. The predicted molar refractivity (Wildman–Crippen MR) is 77.8 cm³/mol. The van der Waals surface area contributed by atoms with Crippen molar-refractivity contribution in [2.24, 2.45) is 0 Å². The summed E-state index contributed by atoms with van der Waals surface area (Å²) in [7, 11) is 0. The molecule has 3 heterocycles. The molecule has 2 unspecified atom stereocenters. The zero-order chi connectivity index (χ0) is 14.5. The maximum Gasteiger partial charge on any atom is 0.170 e. The normalized spacial score (nSPS) is 26.8. The third kappa shape index (κ3) is 4.07. The number of hydrogen-bond acceptors (Lipinski definition) is 5. The number of aliphatic hydroxyl groups excluding tert-OH is 1. The van der Waals surface area contributed by atoms with Gasteiger partial charge >= 0.3 is 0 Å². The van der Waals surface area contributed by atoms with Gasteiger partial charge in [0.1, 0.15) is 11.9 Å². The summed E-state index contributed by atoms with van der Waals surface area (Å²) in [6, 6.07) is 4.03. The lowest BCUT2D eigenvalue weighted by molar-refractivity contribution is -0.0713. The van der Waals surface area contributed by atoms with E-state index in [2.05, 4.69) is 4.90 Å². The lowest BCUT2D eigenvalue weighted by Gasteiger charge is -2.32. The number of nitrogens with zero attached hydrogens (tertiary/aromatic N) is 1. The van der Waals surface area contributed by atoms with Crippen LogP contribution in [0.3, 0.4) is 0 Å². The fourth-order valence-electron chi connectivity index (χ4n) is 3.30. The first kappa shape index (κ1) is 15.0. The Bertz CT molecular complexity index is 402. The zero-order valence-electron chi connectivity index (χ0n) is 12.4. The van der Waals surface area contributed by atoms with Crippen LogP contribution in [0.1, 0.15) is 44.0 Å². The molecule has 0 amide bonds. The molecule has 2 aliphatic rings. The minimum Gasteiger partial charge on any atom is -0.467 e. The van der Waals surface area contributed by atoms with E-state index in [-0.39, 0.29) is 6.29 Å². The summed E-state index contributed by atoms with van der Waals surface area (Å²) in [4.78, 5) is 2.43. The minimum absolute atomic E-state index is 0.105. The van der Waals surface area contributed by atoms with E-state index < -0.39 is 6.10 Å². The summed E-state index contributed by atoms with van der Waals surface area (Å²) in [5.41, 5.74) is 0. The van der Waals surface area contributed by atoms with Gasteiger partial charge in [0.2, 0.25) is 0 Å². The van der Waals surface area contributed by atoms with Crippen LogP contribution >= 0.6 is 0 Å². The summed E-state index contributed by atoms with van der Waals surface area (Å²) < 4.78 is 16.5. The van der Waals surface area contributed by atoms with Crippen LogP contribution in [-0.4, -0.2) is 48.6 Å². The largest absolute Gasteiger partial charge is 0.467 e. The van der Waals surface area contributed by atoms with Gasteiger partial charge in [-0.25, -0.2) is 0 Å². The molecule has 1 N–H and O–H groups in total. The number of rotatable bonds is 5. The van der Waals surface area contributed by atoms with Crippen molar-refractivity contribution in [1.82, 2.24) is 4.90 Å². The van der Waals surface area contributed by atoms with Crippen molar-refractivity contribution in [3.63, 3.8) is 0 Å². The molecule has 2 saturated heterocycles. The second kappa shape index (κ2) is 7.40. The lowest BCUT2D eigenvalue weighted by atomic mass is 10.0. The van der Waals surface area contributed by atoms with Gasteiger partial charge in [-0.1, -0.05) is 12.8 Å². The van der Waals surface area contributed by atoms with E-state index in [1.165, 1.54) is 19.3 Å². The first-order valence-electron chi connectivity index (χ1n) is 8.01. The summed E-state index contributed by atoms with van der Waals surface area (Å²) in [5, 5.41) is 10.3. The van der Waals surface area contributed by atoms with Crippen molar-refractivity contribution < 1.29 is 19.0 Å². The van der Waals surface area contributed by atoms with Crippen LogP contribution < -0.4 is 0 Å². The Hall–Kier alpha value is -0.880. The highest BCUT2D eigenvalue weighted by Gasteiger charge is 2.28. The van der Waals surface area contributed by atoms with E-state index in [1.807, 2.05) is 12.1 Å². The Morgan fingerprint density at radius 2 is 2.10 bits per heavy atom. The quantitative estimate of drug-likeness (QED) is 0.903. The van der Waals surface area contributed by atoms with Gasteiger partial charge < -0.3 is 19.0 Å². The molecule has 118 valence electrons. The molecule has 5 nitrogen and oxygen atoms in total. The molecule has 0 saturated carbocycles. The first-order chi connectivity index (χ1) is 10.3. The molecule has 2 aliphatic heterocycles. The summed E-state index contributed by atoms with van der Waals surface area (Å²) in [5.74, 6) is 0.660. The Labute approximate surface area is 125 Å². The minimum atomic E-state index is -0.531. The maximum atomic E-state index is 10.3. The fraction of sp³-hybridized carbons (Fsp3) is 0.750. The molecule has 2 atom stereocenters. The Balaban J connectivity index is 1.60. The number of hydrogen-bond donors (Lipinski definition) is 1. The highest BCUT2D eigenvalue weighted by atomic mass is 16.7. The van der Waals surface area contributed by atoms with Crippen LogP contribution in [0.2, 0.25) is 0 Å². The second-order valence-electron chi connectivity index (χ2n) is 5.94. The van der Waals surface area contributed by atoms with Crippen molar-refractivity contribution in [3.8, 4) is 0 Å². The van der Waals surface area contributed by atoms with Gasteiger partial charge in [0.25, 0.3) is 0 Å². The monoisotopic (exact) mass is 295 g/mol. The van der Waals surface area contributed by atoms with E-state index in [4.69, 9.17) is 13.9 Å². The number of likely N-dealkylation sites (tertiary alicyclic amines) is 1. The molecule has 0 bridgehead atoms. The Morgan fingerprint density at radius 1 is 1.24 bits per heavy atom. The molecule has 0 radical (unpaired) electrons. The summed E-state index contributed by atoms with van der Waals surface area (Å²) in [6.07, 6.45) is 6.49. The fourth-order valence-corrected chi connectivity index (χ4v) is 3.30. The van der Waals surface area contributed by atoms with Crippen molar-refractivity contribution in [2.75, 3.05) is 26.3 Å². The predicted octanol–water partition coefficient (Wildman–Crippen LogP) is 2.32. The number of ether oxygens (including phenoxy) is 2. The SMILES string of the molecule is OC(CC1CCCCCN1CC1OCCO1)c1ccco1. The molecular weight excluding hydrogens is 270 g/mol. The molecule has 1 aromatic rings. The second-order valence-corrected chi connectivity index (χ2v) is 5.94. The molecule has 3 rings (SSSR count). The molecule has 1 aromatic heterocycles. The average Bonchev–Trinajstić information content (AvgIpc) is 3.14. The van der Waals surface area contributed by atoms with Gasteiger partial charge in [-0.15, -0.1) is 0 Å². The van der Waals surface area contributed by atoms with Crippen LogP contribution in [0.15, 0.2) is 22.8 Å². The van der Waals surface area contributed by atoms with E-state index in [9.17, 15) is 5.11 Å². The van der Waals surface area contributed by atoms with Gasteiger partial charge in [0.05, 0.1) is 19.5 Å². The first-order valence-corrected chi connectivity index (χ1v) is 8.01. The molecule has 0 aromatic carbocycles. The van der Waals surface area contributed by atoms with Crippen molar-refractivity contribution >= 4 is 0 Å². The average molecular weight is 295 g/mol. The Morgan fingerprint density at radius 3 is 2.86 bits per heavy atom. The standard InChI is InChI=1S/C16H25NO4/c18-14(15-6-4-8-19-15)11-13-5-2-1-3-7-17(13)12-16-20-9-10-21-16/h4,6,8,13-14,16,18H,1-3,5,7,9-12H2. The molecule has 0 aliphatic carbocycles. The van der Waals surface area contributed by atoms with Crippen LogP contribution in [-0.2, 0) is 9.47 Å². The van der Waals surface area contributed by atoms with E-state index >= 15 is 0 Å². The van der Waals surface area contributed by atoms with Crippen LogP contribution in [0.25, 0.3) is 0 Å². The van der Waals surface area contributed by atoms with Crippen molar-refractivity contribution in [3.05, 3.63) is 24.2 Å². The smallest absolute Gasteiger partial charge is 0.170 e. The van der Waals surface area contributed by atoms with Gasteiger partial charge in [0, 0.05) is 12.6 Å². The van der Waals surface area contributed by atoms with Crippen LogP contribution in [0.4, 0.5) is 0 Å². The lowest BCUT2D eigenvalue weighted by Crippen LogP contribution is -2.41. The van der Waals surface area contributed by atoms with E-state index in [0.717, 1.165) is 19.5 Å². The molecular formula is C16H25NO4. The van der Waals surface area contributed by atoms with E-state index in [0.29, 0.717) is 31.4 Å². The number of aliphatic hydroxyl groups is 1. The third-order valence-corrected chi connectivity index (χ3v) is 4.44. The maximum absolute atomic E-state index is 10.3. The summed E-state index contributed by atoms with van der Waals surface area (Å²) in [6.45, 7) is 3.24. The third-order valence-electron chi connectivity index (χ3n) is 4.44. The van der Waals surface area contributed by atoms with Crippen LogP contribution in [0, 0.1) is 0 Å². The molecule has 21 heavy (non-hydrogen) atoms. The van der Waals surface area contributed by atoms with Crippen LogP contribution in [0.5, 0.6) is 0 Å². The van der Waals surface area contributed by atoms with Gasteiger partial charge in [-0.3, -0.25) is 4.90 Å². The molecule has 5 heteroatoms. The van der Waals surface area contributed by atoms with Crippen molar-refractivity contribution in [1.29, 1.82) is 0 Å². The van der Waals surface area contributed by atoms with Gasteiger partial charge in [-0.2, -0.15) is 0 Å². The highest BCUT2D eigenvalue weighted by molar-refractivity contribution is 5.02. The topological polar surface area (TPSA) is 55.1 Å². The highest BCUT2D eigenvalue weighted by Crippen LogP contribution is 2.27. The van der Waals surface area contributed by atoms with Gasteiger partial charge in [-0.05, 0) is 37.9 Å². The van der Waals surface area contributed by atoms with Gasteiger partial charge in [0.15, 0.2) is 6.29 Å². The van der Waals surface area contributed by atoms with E-state index in [1.54, 1.807) is 6.26 Å². The Kier molecular flexibility index (Phi) is 5.30. The number of furan rings is 1. The van der Waals surface area contributed by atoms with Crippen molar-refractivity contribution in [2.45, 2.75) is 50.5 Å². The molecule has 2 fully saturated rings. The summed E-state index contributed by atoms with van der Waals surface area (Å²) >= 11 is 0. The zero-order valence-corrected chi connectivity index (χ0v) is 12.4.